The molecule has 0 spiro atoms. The number of halogens is 1. The maximum absolute atomic E-state index is 12.6. The lowest BCUT2D eigenvalue weighted by Gasteiger charge is -2.11. The van der Waals surface area contributed by atoms with Crippen LogP contribution in [0.1, 0.15) is 40.5 Å². The smallest absolute Gasteiger partial charge is 0.257 e. The van der Waals surface area contributed by atoms with E-state index in [1.54, 1.807) is 66.7 Å². The van der Waals surface area contributed by atoms with Crippen LogP contribution in [0.2, 0.25) is 5.02 Å². The first-order chi connectivity index (χ1) is 14.6. The van der Waals surface area contributed by atoms with Gasteiger partial charge in [0, 0.05) is 16.9 Å². The average Bonchev–Trinajstić information content (AvgIpc) is 2.74. The van der Waals surface area contributed by atoms with Crippen molar-refractivity contribution in [2.45, 2.75) is 19.8 Å². The number of rotatable bonds is 8. The normalized spacial score (nSPS) is 10.3. The molecule has 30 heavy (non-hydrogen) atoms. The van der Waals surface area contributed by atoms with Crippen molar-refractivity contribution in [2.24, 2.45) is 0 Å². The van der Waals surface area contributed by atoms with Gasteiger partial charge in [0.1, 0.15) is 5.75 Å². The van der Waals surface area contributed by atoms with Gasteiger partial charge in [-0.1, -0.05) is 49.2 Å². The SMILES string of the molecule is CCCCOc1cccc(C(=O)Nc2cccc(NC(=O)c3ccccc3Cl)c2)c1. The number of carbonyl (C=O) groups is 2. The molecular weight excluding hydrogens is 400 g/mol. The third-order valence-corrected chi connectivity index (χ3v) is 4.69. The van der Waals surface area contributed by atoms with Gasteiger partial charge in [0.25, 0.3) is 11.8 Å². The Morgan fingerprint density at radius 3 is 2.30 bits per heavy atom. The summed E-state index contributed by atoms with van der Waals surface area (Å²) in [6.07, 6.45) is 2.01. The van der Waals surface area contributed by atoms with Crippen LogP contribution in [-0.2, 0) is 0 Å². The van der Waals surface area contributed by atoms with Crippen molar-refractivity contribution < 1.29 is 14.3 Å². The van der Waals surface area contributed by atoms with Gasteiger partial charge in [0.05, 0.1) is 17.2 Å². The Bertz CT molecular complexity index is 1040. The Balaban J connectivity index is 1.66. The molecule has 3 rings (SSSR count). The topological polar surface area (TPSA) is 67.4 Å². The summed E-state index contributed by atoms with van der Waals surface area (Å²) in [4.78, 5) is 25.1. The van der Waals surface area contributed by atoms with Crippen molar-refractivity contribution in [3.8, 4) is 5.75 Å². The Morgan fingerprint density at radius 2 is 1.57 bits per heavy atom. The Hall–Kier alpha value is -3.31. The molecule has 0 aliphatic carbocycles. The molecule has 2 amide bonds. The lowest BCUT2D eigenvalue weighted by Crippen LogP contribution is -2.14. The summed E-state index contributed by atoms with van der Waals surface area (Å²) < 4.78 is 5.66. The van der Waals surface area contributed by atoms with Gasteiger partial charge in [-0.15, -0.1) is 0 Å². The molecule has 0 saturated heterocycles. The largest absolute Gasteiger partial charge is 0.494 e. The van der Waals surface area contributed by atoms with Gasteiger partial charge in [-0.25, -0.2) is 0 Å². The minimum atomic E-state index is -0.319. The quantitative estimate of drug-likeness (QED) is 0.436. The van der Waals surface area contributed by atoms with E-state index in [0.717, 1.165) is 12.8 Å². The maximum atomic E-state index is 12.6. The van der Waals surface area contributed by atoms with Crippen LogP contribution in [0.3, 0.4) is 0 Å². The van der Waals surface area contributed by atoms with Gasteiger partial charge in [0.15, 0.2) is 0 Å². The first kappa shape index (κ1) is 21.4. The van der Waals surface area contributed by atoms with Crippen LogP contribution in [0.15, 0.2) is 72.8 Å². The van der Waals surface area contributed by atoms with Crippen LogP contribution in [0.4, 0.5) is 11.4 Å². The van der Waals surface area contributed by atoms with Gasteiger partial charge < -0.3 is 15.4 Å². The van der Waals surface area contributed by atoms with Crippen molar-refractivity contribution >= 4 is 34.8 Å². The minimum absolute atomic E-state index is 0.259. The van der Waals surface area contributed by atoms with Crippen molar-refractivity contribution in [2.75, 3.05) is 17.2 Å². The summed E-state index contributed by atoms with van der Waals surface area (Å²) >= 11 is 6.08. The number of benzene rings is 3. The summed E-state index contributed by atoms with van der Waals surface area (Å²) in [5.41, 5.74) is 1.99. The molecule has 0 aromatic heterocycles. The molecule has 6 heteroatoms. The van der Waals surface area contributed by atoms with E-state index in [0.29, 0.717) is 39.9 Å². The molecule has 0 saturated carbocycles. The molecule has 0 aliphatic rings. The number of nitrogens with one attached hydrogen (secondary N) is 2. The molecule has 0 aliphatic heterocycles. The molecule has 154 valence electrons. The number of anilines is 2. The summed E-state index contributed by atoms with van der Waals surface area (Å²) in [7, 11) is 0. The molecule has 0 fully saturated rings. The minimum Gasteiger partial charge on any atom is -0.494 e. The number of hydrogen-bond donors (Lipinski definition) is 2. The molecule has 0 atom stereocenters. The van der Waals surface area contributed by atoms with E-state index in [1.807, 2.05) is 6.07 Å². The standard InChI is InChI=1S/C24H23ClN2O3/c1-2-3-14-30-20-11-6-8-17(15-20)23(28)26-18-9-7-10-19(16-18)27-24(29)21-12-4-5-13-22(21)25/h4-13,15-16H,2-3,14H2,1H3,(H,26,28)(H,27,29). The van der Waals surface area contributed by atoms with Crippen molar-refractivity contribution in [3.63, 3.8) is 0 Å². The monoisotopic (exact) mass is 422 g/mol. The Kier molecular flexibility index (Phi) is 7.46. The van der Waals surface area contributed by atoms with Gasteiger partial charge >= 0.3 is 0 Å². The van der Waals surface area contributed by atoms with Gasteiger partial charge in [-0.3, -0.25) is 9.59 Å². The van der Waals surface area contributed by atoms with Crippen LogP contribution in [0.25, 0.3) is 0 Å². The van der Waals surface area contributed by atoms with Crippen molar-refractivity contribution in [1.29, 1.82) is 0 Å². The fraction of sp³-hybridized carbons (Fsp3) is 0.167. The highest BCUT2D eigenvalue weighted by Gasteiger charge is 2.11. The highest BCUT2D eigenvalue weighted by Crippen LogP contribution is 2.21. The molecule has 2 N–H and O–H groups in total. The van der Waals surface area contributed by atoms with E-state index >= 15 is 0 Å². The fourth-order valence-corrected chi connectivity index (χ4v) is 3.00. The molecule has 3 aromatic carbocycles. The second kappa shape index (κ2) is 10.5. The summed E-state index contributed by atoms with van der Waals surface area (Å²) in [5, 5.41) is 6.02. The van der Waals surface area contributed by atoms with Crippen LogP contribution < -0.4 is 15.4 Å². The number of unbranched alkanes of at least 4 members (excludes halogenated alkanes) is 1. The number of ether oxygens (including phenoxy) is 1. The number of carbonyl (C=O) groups excluding carboxylic acids is 2. The third kappa shape index (κ3) is 5.84. The Labute approximate surface area is 181 Å². The van der Waals surface area contributed by atoms with Crippen LogP contribution in [0, 0.1) is 0 Å². The predicted octanol–water partition coefficient (Wildman–Crippen LogP) is 6.02. The van der Waals surface area contributed by atoms with E-state index in [-0.39, 0.29) is 11.8 Å². The summed E-state index contributed by atoms with van der Waals surface area (Å²) in [6.45, 7) is 2.72. The Morgan fingerprint density at radius 1 is 0.867 bits per heavy atom. The first-order valence-electron chi connectivity index (χ1n) is 9.77. The average molecular weight is 423 g/mol. The zero-order valence-electron chi connectivity index (χ0n) is 16.7. The first-order valence-corrected chi connectivity index (χ1v) is 10.1. The molecule has 3 aromatic rings. The molecule has 0 unspecified atom stereocenters. The molecule has 0 heterocycles. The lowest BCUT2D eigenvalue weighted by atomic mass is 10.2. The van der Waals surface area contributed by atoms with Crippen LogP contribution in [0.5, 0.6) is 5.75 Å². The van der Waals surface area contributed by atoms with E-state index in [4.69, 9.17) is 16.3 Å². The van der Waals surface area contributed by atoms with Crippen molar-refractivity contribution in [1.82, 2.24) is 0 Å². The second-order valence-corrected chi connectivity index (χ2v) is 7.11. The third-order valence-electron chi connectivity index (χ3n) is 4.36. The van der Waals surface area contributed by atoms with Crippen LogP contribution in [-0.4, -0.2) is 18.4 Å². The number of amides is 2. The second-order valence-electron chi connectivity index (χ2n) is 6.70. The molecular formula is C24H23ClN2O3. The van der Waals surface area contributed by atoms with Gasteiger partial charge in [-0.2, -0.15) is 0 Å². The summed E-state index contributed by atoms with van der Waals surface area (Å²) in [6, 6.07) is 20.8. The van der Waals surface area contributed by atoms with E-state index in [9.17, 15) is 9.59 Å². The predicted molar refractivity (Wildman–Crippen MR) is 121 cm³/mol. The van der Waals surface area contributed by atoms with Gasteiger partial charge in [0.2, 0.25) is 0 Å². The van der Waals surface area contributed by atoms with Gasteiger partial charge in [-0.05, 0) is 55.0 Å². The summed E-state index contributed by atoms with van der Waals surface area (Å²) in [5.74, 6) is 0.0865. The fourth-order valence-electron chi connectivity index (χ4n) is 2.78. The van der Waals surface area contributed by atoms with Crippen molar-refractivity contribution in [3.05, 3.63) is 88.9 Å². The maximum Gasteiger partial charge on any atom is 0.257 e. The molecule has 5 nitrogen and oxygen atoms in total. The van der Waals surface area contributed by atoms with E-state index < -0.39 is 0 Å². The number of hydrogen-bond acceptors (Lipinski definition) is 3. The van der Waals surface area contributed by atoms with E-state index in [2.05, 4.69) is 17.6 Å². The zero-order valence-corrected chi connectivity index (χ0v) is 17.4. The highest BCUT2D eigenvalue weighted by atomic mass is 35.5. The van der Waals surface area contributed by atoms with Crippen LogP contribution >= 0.6 is 11.6 Å². The molecule has 0 radical (unpaired) electrons. The highest BCUT2D eigenvalue weighted by molar-refractivity contribution is 6.34. The zero-order chi connectivity index (χ0) is 21.3. The molecule has 0 bridgehead atoms. The van der Waals surface area contributed by atoms with E-state index in [1.165, 1.54) is 0 Å². The lowest BCUT2D eigenvalue weighted by molar-refractivity contribution is 0.101.